The smallest absolute Gasteiger partial charge is 0.0239 e. The molecule has 0 fully saturated rings. The van der Waals surface area contributed by atoms with Crippen LogP contribution in [0.1, 0.15) is 0 Å². The van der Waals surface area contributed by atoms with Crippen LogP contribution in [0.25, 0.3) is 0 Å². The predicted molar refractivity (Wildman–Crippen MR) is 35.0 cm³/mol. The van der Waals surface area contributed by atoms with Crippen molar-refractivity contribution in [3.8, 4) is 0 Å². The zero-order chi connectivity index (χ0) is 6.41. The third kappa shape index (κ3) is 5.88. The minimum absolute atomic E-state index is 0.927. The van der Waals surface area contributed by atoms with Crippen LogP contribution in [0, 0.1) is 7.05 Å². The predicted octanol–water partition coefficient (Wildman–Crippen LogP) is -0.566. The Balaban J connectivity index is 2.72. The van der Waals surface area contributed by atoms with Crippen molar-refractivity contribution in [2.45, 2.75) is 0 Å². The van der Waals surface area contributed by atoms with Crippen LogP contribution in [-0.2, 0) is 0 Å². The molecule has 0 heterocycles. The third-order valence-electron chi connectivity index (χ3n) is 0.809. The molecule has 0 atom stereocenters. The Morgan fingerprint density at radius 3 is 2.50 bits per heavy atom. The van der Waals surface area contributed by atoms with E-state index in [1.807, 2.05) is 14.1 Å². The van der Waals surface area contributed by atoms with Crippen LogP contribution in [0.4, 0.5) is 0 Å². The monoisotopic (exact) mass is 116 g/mol. The summed E-state index contributed by atoms with van der Waals surface area (Å²) in [6.07, 6.45) is 0. The summed E-state index contributed by atoms with van der Waals surface area (Å²) in [5, 5.41) is 0. The highest BCUT2D eigenvalue weighted by molar-refractivity contribution is 4.44. The molecule has 0 saturated heterocycles. The molecule has 0 aromatic heterocycles. The van der Waals surface area contributed by atoms with E-state index in [1.54, 1.807) is 0 Å². The summed E-state index contributed by atoms with van der Waals surface area (Å²) in [7, 11) is 7.47. The van der Waals surface area contributed by atoms with E-state index in [0.717, 1.165) is 13.1 Å². The lowest BCUT2D eigenvalue weighted by Crippen LogP contribution is -2.32. The van der Waals surface area contributed by atoms with Crippen LogP contribution >= 0.6 is 0 Å². The summed E-state index contributed by atoms with van der Waals surface area (Å²) in [5.74, 6) is 0. The number of nitrogens with one attached hydrogen (secondary N) is 2. The molecule has 0 aliphatic heterocycles. The van der Waals surface area contributed by atoms with E-state index in [-0.39, 0.29) is 0 Å². The van der Waals surface area contributed by atoms with E-state index < -0.39 is 0 Å². The lowest BCUT2D eigenvalue weighted by molar-refractivity contribution is 0.393. The van der Waals surface area contributed by atoms with E-state index in [0.29, 0.717) is 0 Å². The van der Waals surface area contributed by atoms with Crippen molar-refractivity contribution in [1.82, 2.24) is 15.8 Å². The molecule has 3 nitrogen and oxygen atoms in total. The molecule has 0 aromatic carbocycles. The SMILES string of the molecule is [CH2]NNCCN(C)C. The Bertz CT molecular complexity index is 44.9. The summed E-state index contributed by atoms with van der Waals surface area (Å²) >= 11 is 0. The summed E-state index contributed by atoms with van der Waals surface area (Å²) in [6, 6.07) is 0. The highest BCUT2D eigenvalue weighted by Gasteiger charge is 1.84. The second-order valence-corrected chi connectivity index (χ2v) is 1.91. The molecular weight excluding hydrogens is 102 g/mol. The molecule has 0 unspecified atom stereocenters. The Labute approximate surface area is 51.0 Å². The number of hydrogen-bond acceptors (Lipinski definition) is 3. The number of hydrazine groups is 1. The van der Waals surface area contributed by atoms with Crippen LogP contribution in [-0.4, -0.2) is 32.1 Å². The fourth-order valence-corrected chi connectivity index (χ4v) is 0.368. The standard InChI is InChI=1S/C5H14N3/c1-6-7-4-5-8(2)3/h6-7H,1,4-5H2,2-3H3. The molecule has 0 aliphatic carbocycles. The molecule has 49 valence electrons. The maximum Gasteiger partial charge on any atom is 0.0239 e. The van der Waals surface area contributed by atoms with Gasteiger partial charge in [0.05, 0.1) is 0 Å². The Morgan fingerprint density at radius 2 is 2.12 bits per heavy atom. The molecule has 0 aliphatic rings. The van der Waals surface area contributed by atoms with Gasteiger partial charge < -0.3 is 4.90 Å². The second-order valence-electron chi connectivity index (χ2n) is 1.91. The second kappa shape index (κ2) is 5.03. The average molecular weight is 116 g/mol. The van der Waals surface area contributed by atoms with E-state index in [2.05, 4.69) is 22.8 Å². The number of likely N-dealkylation sites (N-methyl/N-ethyl adjacent to an activating group) is 1. The third-order valence-corrected chi connectivity index (χ3v) is 0.809. The first-order valence-electron chi connectivity index (χ1n) is 2.67. The van der Waals surface area contributed by atoms with Crippen molar-refractivity contribution in [3.63, 3.8) is 0 Å². The lowest BCUT2D eigenvalue weighted by Gasteiger charge is -2.08. The van der Waals surface area contributed by atoms with Gasteiger partial charge >= 0.3 is 0 Å². The van der Waals surface area contributed by atoms with Gasteiger partial charge in [-0.15, -0.1) is 0 Å². The normalized spacial score (nSPS) is 10.5. The van der Waals surface area contributed by atoms with Crippen molar-refractivity contribution in [2.75, 3.05) is 27.2 Å². The van der Waals surface area contributed by atoms with Gasteiger partial charge in [-0.2, -0.15) is 0 Å². The molecule has 0 aromatic rings. The van der Waals surface area contributed by atoms with Gasteiger partial charge in [0.25, 0.3) is 0 Å². The highest BCUT2D eigenvalue weighted by Crippen LogP contribution is 1.67. The lowest BCUT2D eigenvalue weighted by atomic mass is 10.6. The molecular formula is C5H14N3. The highest BCUT2D eigenvalue weighted by atomic mass is 15.3. The minimum Gasteiger partial charge on any atom is -0.308 e. The van der Waals surface area contributed by atoms with Crippen LogP contribution in [0.5, 0.6) is 0 Å². The van der Waals surface area contributed by atoms with Crippen molar-refractivity contribution < 1.29 is 0 Å². The summed E-state index contributed by atoms with van der Waals surface area (Å²) in [5.41, 5.74) is 5.47. The van der Waals surface area contributed by atoms with Gasteiger partial charge in [-0.05, 0) is 14.1 Å². The average Bonchev–Trinajstić information content (AvgIpc) is 1.66. The minimum atomic E-state index is 0.927. The van der Waals surface area contributed by atoms with Crippen molar-refractivity contribution in [3.05, 3.63) is 7.05 Å². The summed E-state index contributed by atoms with van der Waals surface area (Å²) in [4.78, 5) is 2.10. The number of rotatable bonds is 4. The van der Waals surface area contributed by atoms with Crippen LogP contribution in [0.3, 0.4) is 0 Å². The van der Waals surface area contributed by atoms with E-state index in [4.69, 9.17) is 0 Å². The quantitative estimate of drug-likeness (QED) is 0.380. The molecule has 0 saturated carbocycles. The first-order chi connectivity index (χ1) is 3.77. The molecule has 3 heteroatoms. The molecule has 1 radical (unpaired) electrons. The number of hydrogen-bond donors (Lipinski definition) is 2. The first-order valence-corrected chi connectivity index (χ1v) is 2.67. The van der Waals surface area contributed by atoms with Gasteiger partial charge in [0.15, 0.2) is 0 Å². The van der Waals surface area contributed by atoms with E-state index >= 15 is 0 Å². The van der Waals surface area contributed by atoms with Crippen molar-refractivity contribution >= 4 is 0 Å². The van der Waals surface area contributed by atoms with Gasteiger partial charge in [0, 0.05) is 20.1 Å². The van der Waals surface area contributed by atoms with Crippen molar-refractivity contribution in [1.29, 1.82) is 0 Å². The molecule has 0 rings (SSSR count). The molecule has 0 bridgehead atoms. The largest absolute Gasteiger partial charge is 0.308 e. The molecule has 0 spiro atoms. The van der Waals surface area contributed by atoms with Gasteiger partial charge in [-0.1, -0.05) is 0 Å². The van der Waals surface area contributed by atoms with Crippen LogP contribution in [0.2, 0.25) is 0 Å². The van der Waals surface area contributed by atoms with Gasteiger partial charge in [-0.3, -0.25) is 10.9 Å². The fourth-order valence-electron chi connectivity index (χ4n) is 0.368. The Morgan fingerprint density at radius 1 is 1.50 bits per heavy atom. The Hall–Kier alpha value is -0.120. The van der Waals surface area contributed by atoms with Gasteiger partial charge in [0.1, 0.15) is 0 Å². The van der Waals surface area contributed by atoms with Gasteiger partial charge in [0.2, 0.25) is 0 Å². The summed E-state index contributed by atoms with van der Waals surface area (Å²) < 4.78 is 0. The zero-order valence-corrected chi connectivity index (χ0v) is 5.57. The zero-order valence-electron chi connectivity index (χ0n) is 5.57. The Kier molecular flexibility index (Phi) is 4.95. The molecule has 8 heavy (non-hydrogen) atoms. The fraction of sp³-hybridized carbons (Fsp3) is 0.800. The number of nitrogens with zero attached hydrogens (tertiary/aromatic N) is 1. The maximum atomic E-state index is 3.40. The summed E-state index contributed by atoms with van der Waals surface area (Å²) in [6.45, 7) is 1.96. The van der Waals surface area contributed by atoms with Crippen molar-refractivity contribution in [2.24, 2.45) is 0 Å². The van der Waals surface area contributed by atoms with E-state index in [9.17, 15) is 0 Å². The maximum absolute atomic E-state index is 3.40. The van der Waals surface area contributed by atoms with Crippen LogP contribution in [0.15, 0.2) is 0 Å². The van der Waals surface area contributed by atoms with Crippen LogP contribution < -0.4 is 10.9 Å². The van der Waals surface area contributed by atoms with Gasteiger partial charge in [-0.25, -0.2) is 0 Å². The molecule has 0 amide bonds. The molecule has 2 N–H and O–H groups in total. The topological polar surface area (TPSA) is 27.3 Å². The van der Waals surface area contributed by atoms with E-state index in [1.165, 1.54) is 0 Å². The first kappa shape index (κ1) is 7.88.